The molecule has 0 spiro atoms. The molecule has 0 saturated carbocycles. The molecule has 8 nitrogen and oxygen atoms in total. The molecule has 0 aliphatic heterocycles. The van der Waals surface area contributed by atoms with Gasteiger partial charge in [0.25, 0.3) is 0 Å². The second kappa shape index (κ2) is 8.30. The lowest BCUT2D eigenvalue weighted by Crippen LogP contribution is -2.09. The Hall–Kier alpha value is -3.76. The van der Waals surface area contributed by atoms with Gasteiger partial charge in [0, 0.05) is 43.1 Å². The number of ether oxygens (including phenoxy) is 1. The van der Waals surface area contributed by atoms with Crippen LogP contribution in [-0.2, 0) is 19.6 Å². The van der Waals surface area contributed by atoms with Crippen molar-refractivity contribution >= 4 is 0 Å². The van der Waals surface area contributed by atoms with Crippen LogP contribution < -0.4 is 4.74 Å². The lowest BCUT2D eigenvalue weighted by molar-refractivity contribution is -0.138. The van der Waals surface area contributed by atoms with Crippen LogP contribution in [0.1, 0.15) is 33.9 Å². The van der Waals surface area contributed by atoms with Crippen LogP contribution in [0.3, 0.4) is 0 Å². The number of nitrogens with zero attached hydrogens (tertiary/aromatic N) is 7. The minimum atomic E-state index is -4.49. The molecule has 0 N–H and O–H groups in total. The molecule has 0 radical (unpaired) electrons. The predicted octanol–water partition coefficient (Wildman–Crippen LogP) is 4.00. The fourth-order valence-corrected chi connectivity index (χ4v) is 3.87. The number of hydrogen-bond acceptors (Lipinski definition) is 6. The summed E-state index contributed by atoms with van der Waals surface area (Å²) in [7, 11) is 3.39. The third kappa shape index (κ3) is 4.18. The molecule has 0 amide bonds. The second-order valence-corrected chi connectivity index (χ2v) is 7.63. The topological polar surface area (TPSA) is 83.5 Å². The molecule has 33 heavy (non-hydrogen) atoms. The van der Waals surface area contributed by atoms with Crippen molar-refractivity contribution in [2.24, 2.45) is 7.05 Å². The highest BCUT2D eigenvalue weighted by Crippen LogP contribution is 2.35. The summed E-state index contributed by atoms with van der Waals surface area (Å²) in [5.74, 6) is 0.786. The smallest absolute Gasteiger partial charge is 0.419 e. The van der Waals surface area contributed by atoms with Crippen LogP contribution in [0.2, 0.25) is 0 Å². The van der Waals surface area contributed by atoms with E-state index < -0.39 is 11.7 Å². The van der Waals surface area contributed by atoms with Gasteiger partial charge >= 0.3 is 6.18 Å². The van der Waals surface area contributed by atoms with Gasteiger partial charge in [-0.05, 0) is 32.4 Å². The molecule has 4 heterocycles. The summed E-state index contributed by atoms with van der Waals surface area (Å²) in [5, 5.41) is 8.68. The normalized spacial score (nSPS) is 11.8. The van der Waals surface area contributed by atoms with Gasteiger partial charge in [-0.3, -0.25) is 4.68 Å². The molecule has 0 aromatic carbocycles. The standard InChI is InChI=1S/C22H22F3N7O/c1-12-17(31(4)30-21(12)15-6-7-19(33-5)26-10-15)8-16-9-18(28-11-27-16)32-14(3)20(13(2)29-32)22(23,24)25/h6-7,9-11H,8H2,1-5H3. The van der Waals surface area contributed by atoms with Crippen molar-refractivity contribution < 1.29 is 17.9 Å². The molecule has 0 aliphatic carbocycles. The minimum absolute atomic E-state index is 0.0179. The van der Waals surface area contributed by atoms with E-state index in [0.717, 1.165) is 22.5 Å². The van der Waals surface area contributed by atoms with Gasteiger partial charge < -0.3 is 4.74 Å². The Labute approximate surface area is 188 Å². The molecule has 4 aromatic rings. The molecular weight excluding hydrogens is 435 g/mol. The predicted molar refractivity (Wildman–Crippen MR) is 114 cm³/mol. The maximum Gasteiger partial charge on any atom is 0.419 e. The van der Waals surface area contributed by atoms with Gasteiger partial charge in [-0.25, -0.2) is 19.6 Å². The van der Waals surface area contributed by atoms with Gasteiger partial charge in [0.05, 0.1) is 35.4 Å². The van der Waals surface area contributed by atoms with E-state index in [-0.39, 0.29) is 17.2 Å². The van der Waals surface area contributed by atoms with E-state index >= 15 is 0 Å². The van der Waals surface area contributed by atoms with E-state index in [1.165, 1.54) is 24.9 Å². The quantitative estimate of drug-likeness (QED) is 0.451. The minimum Gasteiger partial charge on any atom is -0.481 e. The van der Waals surface area contributed by atoms with E-state index in [2.05, 4.69) is 25.1 Å². The van der Waals surface area contributed by atoms with E-state index in [1.807, 2.05) is 20.0 Å². The maximum atomic E-state index is 13.4. The van der Waals surface area contributed by atoms with Crippen molar-refractivity contribution in [3.05, 3.63) is 64.6 Å². The number of rotatable bonds is 5. The monoisotopic (exact) mass is 457 g/mol. The number of aromatic nitrogens is 7. The zero-order chi connectivity index (χ0) is 23.9. The number of hydrogen-bond donors (Lipinski definition) is 0. The van der Waals surface area contributed by atoms with Gasteiger partial charge in [0.15, 0.2) is 5.82 Å². The van der Waals surface area contributed by atoms with Crippen molar-refractivity contribution in [2.45, 2.75) is 33.4 Å². The van der Waals surface area contributed by atoms with Crippen molar-refractivity contribution in [3.63, 3.8) is 0 Å². The number of methoxy groups -OCH3 is 1. The Kier molecular flexibility index (Phi) is 5.64. The van der Waals surface area contributed by atoms with E-state index in [4.69, 9.17) is 4.74 Å². The molecule has 4 aromatic heterocycles. The first-order valence-electron chi connectivity index (χ1n) is 10.1. The third-order valence-electron chi connectivity index (χ3n) is 5.50. The van der Waals surface area contributed by atoms with Crippen molar-refractivity contribution in [2.75, 3.05) is 7.11 Å². The lowest BCUT2D eigenvalue weighted by atomic mass is 10.1. The molecule has 0 fully saturated rings. The van der Waals surface area contributed by atoms with Gasteiger partial charge in [0.2, 0.25) is 5.88 Å². The Morgan fingerprint density at radius 2 is 1.79 bits per heavy atom. The number of aryl methyl sites for hydroxylation is 2. The first kappa shape index (κ1) is 22.4. The van der Waals surface area contributed by atoms with Gasteiger partial charge in [-0.15, -0.1) is 0 Å². The molecule has 0 bridgehead atoms. The van der Waals surface area contributed by atoms with Crippen LogP contribution in [0, 0.1) is 20.8 Å². The van der Waals surface area contributed by atoms with Crippen LogP contribution in [0.25, 0.3) is 17.1 Å². The fourth-order valence-electron chi connectivity index (χ4n) is 3.87. The first-order chi connectivity index (χ1) is 15.6. The van der Waals surface area contributed by atoms with E-state index in [1.54, 1.807) is 30.1 Å². The second-order valence-electron chi connectivity index (χ2n) is 7.63. The third-order valence-corrected chi connectivity index (χ3v) is 5.50. The summed E-state index contributed by atoms with van der Waals surface area (Å²) in [6.07, 6.45) is -1.04. The Balaban J connectivity index is 1.67. The summed E-state index contributed by atoms with van der Waals surface area (Å²) in [6.45, 7) is 4.68. The van der Waals surface area contributed by atoms with Crippen LogP contribution in [0.15, 0.2) is 30.7 Å². The molecule has 0 aliphatic rings. The van der Waals surface area contributed by atoms with Crippen LogP contribution >= 0.6 is 0 Å². The average molecular weight is 457 g/mol. The largest absolute Gasteiger partial charge is 0.481 e. The van der Waals surface area contributed by atoms with Crippen LogP contribution in [0.5, 0.6) is 5.88 Å². The van der Waals surface area contributed by atoms with Crippen LogP contribution in [-0.4, -0.2) is 41.6 Å². The van der Waals surface area contributed by atoms with Gasteiger partial charge in [-0.2, -0.15) is 23.4 Å². The lowest BCUT2D eigenvalue weighted by Gasteiger charge is -2.09. The molecule has 11 heteroatoms. The zero-order valence-electron chi connectivity index (χ0n) is 18.8. The Morgan fingerprint density at radius 1 is 1.03 bits per heavy atom. The molecule has 0 unspecified atom stereocenters. The molecule has 0 saturated heterocycles. The summed E-state index contributed by atoms with van der Waals surface area (Å²) in [4.78, 5) is 12.7. The maximum absolute atomic E-state index is 13.4. The summed E-state index contributed by atoms with van der Waals surface area (Å²) >= 11 is 0. The SMILES string of the molecule is COc1ccc(-c2nn(C)c(Cc3cc(-n4nc(C)c(C(F)(F)F)c4C)ncn3)c2C)cn1. The summed E-state index contributed by atoms with van der Waals surface area (Å²) in [5.41, 5.74) is 3.27. The van der Waals surface area contributed by atoms with Crippen LogP contribution in [0.4, 0.5) is 13.2 Å². The van der Waals surface area contributed by atoms with Crippen molar-refractivity contribution in [1.29, 1.82) is 0 Å². The van der Waals surface area contributed by atoms with E-state index in [9.17, 15) is 13.2 Å². The molecule has 0 atom stereocenters. The van der Waals surface area contributed by atoms with Gasteiger partial charge in [-0.1, -0.05) is 0 Å². The Morgan fingerprint density at radius 3 is 2.39 bits per heavy atom. The summed E-state index contributed by atoms with van der Waals surface area (Å²) < 4.78 is 48.2. The molecule has 172 valence electrons. The van der Waals surface area contributed by atoms with Gasteiger partial charge in [0.1, 0.15) is 6.33 Å². The number of alkyl halides is 3. The first-order valence-corrected chi connectivity index (χ1v) is 10.1. The Bertz CT molecular complexity index is 1310. The number of pyridine rings is 1. The fraction of sp³-hybridized carbons (Fsp3) is 0.318. The molecular formula is C22H22F3N7O. The summed E-state index contributed by atoms with van der Waals surface area (Å²) in [6, 6.07) is 5.29. The van der Waals surface area contributed by atoms with E-state index in [0.29, 0.717) is 18.0 Å². The zero-order valence-corrected chi connectivity index (χ0v) is 18.8. The highest BCUT2D eigenvalue weighted by molar-refractivity contribution is 5.63. The highest BCUT2D eigenvalue weighted by atomic mass is 19.4. The average Bonchev–Trinajstić information content (AvgIpc) is 3.23. The highest BCUT2D eigenvalue weighted by Gasteiger charge is 2.37. The van der Waals surface area contributed by atoms with Crippen molar-refractivity contribution in [1.82, 2.24) is 34.5 Å². The number of halogens is 3. The van der Waals surface area contributed by atoms with Crippen molar-refractivity contribution in [3.8, 4) is 23.0 Å². The molecule has 4 rings (SSSR count).